The lowest BCUT2D eigenvalue weighted by Gasteiger charge is -2.08. The minimum Gasteiger partial charge on any atom is -0.355 e. The molecule has 0 bridgehead atoms. The predicted molar refractivity (Wildman–Crippen MR) is 49.6 cm³/mol. The van der Waals surface area contributed by atoms with Crippen molar-refractivity contribution in [3.05, 3.63) is 23.8 Å². The second-order valence-corrected chi connectivity index (χ2v) is 3.41. The van der Waals surface area contributed by atoms with Gasteiger partial charge >= 0.3 is 0 Å². The van der Waals surface area contributed by atoms with E-state index in [9.17, 15) is 14.0 Å². The first-order valence-corrected chi connectivity index (χ1v) is 4.56. The highest BCUT2D eigenvalue weighted by Gasteiger charge is 2.23. The molecule has 1 aromatic rings. The number of H-pyrrole nitrogens is 1. The number of aromatic nitrogens is 1. The Bertz CT molecular complexity index is 402. The van der Waals surface area contributed by atoms with Crippen molar-refractivity contribution in [1.29, 1.82) is 0 Å². The Morgan fingerprint density at radius 1 is 1.60 bits per heavy atom. The molecule has 2 heterocycles. The van der Waals surface area contributed by atoms with Crippen LogP contribution in [-0.4, -0.2) is 29.4 Å². The highest BCUT2D eigenvalue weighted by Crippen LogP contribution is 2.04. The molecular weight excluding hydrogens is 201 g/mol. The molecule has 15 heavy (non-hydrogen) atoms. The predicted octanol–water partition coefficient (Wildman–Crippen LogP) is -0.228. The Morgan fingerprint density at radius 3 is 2.93 bits per heavy atom. The van der Waals surface area contributed by atoms with Gasteiger partial charge in [-0.05, 0) is 0 Å². The fourth-order valence-electron chi connectivity index (χ4n) is 1.47. The average Bonchev–Trinajstić information content (AvgIpc) is 2.75. The topological polar surface area (TPSA) is 74.0 Å². The van der Waals surface area contributed by atoms with E-state index in [1.165, 1.54) is 0 Å². The van der Waals surface area contributed by atoms with Crippen molar-refractivity contribution in [3.8, 4) is 0 Å². The van der Waals surface area contributed by atoms with E-state index in [0.717, 1.165) is 12.3 Å². The minimum atomic E-state index is -0.485. The zero-order chi connectivity index (χ0) is 10.8. The van der Waals surface area contributed by atoms with Gasteiger partial charge in [0.15, 0.2) is 0 Å². The molecule has 1 aliphatic heterocycles. The van der Waals surface area contributed by atoms with Crippen LogP contribution in [-0.2, 0) is 4.79 Å². The van der Waals surface area contributed by atoms with Crippen LogP contribution in [0.4, 0.5) is 4.39 Å². The highest BCUT2D eigenvalue weighted by atomic mass is 19.1. The minimum absolute atomic E-state index is 0.0852. The first-order chi connectivity index (χ1) is 7.15. The summed E-state index contributed by atoms with van der Waals surface area (Å²) in [6, 6.07) is 0.899. The maximum atomic E-state index is 12.6. The SMILES string of the molecule is O=C1CC(NC(=O)c2cc(F)c[nH]2)CN1. The van der Waals surface area contributed by atoms with E-state index in [1.807, 2.05) is 0 Å². The van der Waals surface area contributed by atoms with E-state index in [-0.39, 0.29) is 24.1 Å². The monoisotopic (exact) mass is 211 g/mol. The zero-order valence-corrected chi connectivity index (χ0v) is 7.84. The average molecular weight is 211 g/mol. The molecule has 2 rings (SSSR count). The Labute approximate surface area is 85.0 Å². The van der Waals surface area contributed by atoms with Crippen molar-refractivity contribution < 1.29 is 14.0 Å². The molecule has 1 aliphatic rings. The fraction of sp³-hybridized carbons (Fsp3) is 0.333. The first kappa shape index (κ1) is 9.70. The van der Waals surface area contributed by atoms with Gasteiger partial charge in [-0.3, -0.25) is 9.59 Å². The van der Waals surface area contributed by atoms with Crippen LogP contribution >= 0.6 is 0 Å². The first-order valence-electron chi connectivity index (χ1n) is 4.56. The number of rotatable bonds is 2. The molecule has 1 unspecified atom stereocenters. The van der Waals surface area contributed by atoms with Crippen LogP contribution in [0, 0.1) is 5.82 Å². The lowest BCUT2D eigenvalue weighted by Crippen LogP contribution is -2.36. The van der Waals surface area contributed by atoms with Gasteiger partial charge in [0, 0.05) is 25.2 Å². The summed E-state index contributed by atoms with van der Waals surface area (Å²) in [6.45, 7) is 0.424. The molecule has 1 aromatic heterocycles. The summed E-state index contributed by atoms with van der Waals surface area (Å²) in [5, 5.41) is 5.21. The summed E-state index contributed by atoms with van der Waals surface area (Å²) in [7, 11) is 0. The van der Waals surface area contributed by atoms with Crippen LogP contribution in [0.2, 0.25) is 0 Å². The molecule has 0 radical (unpaired) electrons. The van der Waals surface area contributed by atoms with Gasteiger partial charge in [0.25, 0.3) is 5.91 Å². The smallest absolute Gasteiger partial charge is 0.268 e. The van der Waals surface area contributed by atoms with Crippen LogP contribution < -0.4 is 10.6 Å². The van der Waals surface area contributed by atoms with Gasteiger partial charge in [-0.25, -0.2) is 4.39 Å². The van der Waals surface area contributed by atoms with Crippen LogP contribution in [0.5, 0.6) is 0 Å². The number of carbonyl (C=O) groups excluding carboxylic acids is 2. The second-order valence-electron chi connectivity index (χ2n) is 3.41. The van der Waals surface area contributed by atoms with Gasteiger partial charge in [-0.2, -0.15) is 0 Å². The third kappa shape index (κ3) is 2.15. The molecule has 0 spiro atoms. The van der Waals surface area contributed by atoms with Gasteiger partial charge < -0.3 is 15.6 Å². The standard InChI is InChI=1S/C9H10FN3O2/c10-5-1-7(11-3-5)9(15)13-6-2-8(14)12-4-6/h1,3,6,11H,2,4H2,(H,12,14)(H,13,15). The molecule has 3 N–H and O–H groups in total. The molecule has 0 aliphatic carbocycles. The van der Waals surface area contributed by atoms with Gasteiger partial charge in [-0.1, -0.05) is 0 Å². The van der Waals surface area contributed by atoms with Crippen LogP contribution in [0.25, 0.3) is 0 Å². The number of nitrogens with one attached hydrogen (secondary N) is 3. The van der Waals surface area contributed by atoms with Gasteiger partial charge in [0.2, 0.25) is 5.91 Å². The second kappa shape index (κ2) is 3.72. The number of amides is 2. The van der Waals surface area contributed by atoms with E-state index in [4.69, 9.17) is 0 Å². The third-order valence-electron chi connectivity index (χ3n) is 2.21. The lowest BCUT2D eigenvalue weighted by atomic mass is 10.2. The molecular formula is C9H10FN3O2. The molecule has 80 valence electrons. The van der Waals surface area contributed by atoms with Crippen molar-refractivity contribution in [1.82, 2.24) is 15.6 Å². The van der Waals surface area contributed by atoms with Crippen molar-refractivity contribution in [3.63, 3.8) is 0 Å². The Hall–Kier alpha value is -1.85. The van der Waals surface area contributed by atoms with Crippen molar-refractivity contribution in [2.24, 2.45) is 0 Å². The van der Waals surface area contributed by atoms with Crippen molar-refractivity contribution in [2.45, 2.75) is 12.5 Å². The highest BCUT2D eigenvalue weighted by molar-refractivity contribution is 5.93. The molecule has 0 aromatic carbocycles. The maximum Gasteiger partial charge on any atom is 0.268 e. The number of aromatic amines is 1. The summed E-state index contributed by atoms with van der Waals surface area (Å²) in [5.74, 6) is -0.973. The molecule has 1 atom stereocenters. The summed E-state index contributed by atoms with van der Waals surface area (Å²) in [4.78, 5) is 24.8. The number of halogens is 1. The van der Waals surface area contributed by atoms with Gasteiger partial charge in [0.05, 0.1) is 6.04 Å². The maximum absolute atomic E-state index is 12.6. The number of hydrogen-bond acceptors (Lipinski definition) is 2. The quantitative estimate of drug-likeness (QED) is 0.632. The van der Waals surface area contributed by atoms with Crippen molar-refractivity contribution in [2.75, 3.05) is 6.54 Å². The van der Waals surface area contributed by atoms with E-state index in [1.54, 1.807) is 0 Å². The lowest BCUT2D eigenvalue weighted by molar-refractivity contribution is -0.119. The number of carbonyl (C=O) groups is 2. The van der Waals surface area contributed by atoms with Crippen LogP contribution in [0.15, 0.2) is 12.3 Å². The summed E-state index contributed by atoms with van der Waals surface area (Å²) >= 11 is 0. The van der Waals surface area contributed by atoms with E-state index in [0.29, 0.717) is 6.54 Å². The van der Waals surface area contributed by atoms with E-state index >= 15 is 0 Å². The zero-order valence-electron chi connectivity index (χ0n) is 7.84. The van der Waals surface area contributed by atoms with E-state index in [2.05, 4.69) is 15.6 Å². The number of hydrogen-bond donors (Lipinski definition) is 3. The summed E-state index contributed by atoms with van der Waals surface area (Å²) in [6.07, 6.45) is 1.38. The Kier molecular flexibility index (Phi) is 2.40. The normalized spacial score (nSPS) is 20.1. The van der Waals surface area contributed by atoms with Gasteiger partial charge in [0.1, 0.15) is 11.5 Å². The van der Waals surface area contributed by atoms with Gasteiger partial charge in [-0.15, -0.1) is 0 Å². The molecule has 5 nitrogen and oxygen atoms in total. The Morgan fingerprint density at radius 2 is 2.40 bits per heavy atom. The van der Waals surface area contributed by atoms with Crippen molar-refractivity contribution >= 4 is 11.8 Å². The van der Waals surface area contributed by atoms with E-state index < -0.39 is 11.7 Å². The third-order valence-corrected chi connectivity index (χ3v) is 2.21. The fourth-order valence-corrected chi connectivity index (χ4v) is 1.47. The Balaban J connectivity index is 1.95. The summed E-state index contributed by atoms with van der Waals surface area (Å²) < 4.78 is 12.6. The molecule has 0 saturated carbocycles. The largest absolute Gasteiger partial charge is 0.355 e. The molecule has 6 heteroatoms. The molecule has 1 fully saturated rings. The molecule has 1 saturated heterocycles. The molecule has 2 amide bonds. The summed E-state index contributed by atoms with van der Waals surface area (Å²) in [5.41, 5.74) is 0.159. The van der Waals surface area contributed by atoms with Crippen LogP contribution in [0.1, 0.15) is 16.9 Å². The van der Waals surface area contributed by atoms with Crippen LogP contribution in [0.3, 0.4) is 0 Å².